The molecule has 2 aromatic rings. The summed E-state index contributed by atoms with van der Waals surface area (Å²) < 4.78 is 0. The zero-order chi connectivity index (χ0) is 19.9. The Labute approximate surface area is 175 Å². The number of benzene rings is 2. The maximum absolute atomic E-state index is 12.3. The van der Waals surface area contributed by atoms with Crippen molar-refractivity contribution < 1.29 is 9.59 Å². The first-order valence-corrected chi connectivity index (χ1v) is 11.0. The predicted octanol–water partition coefficient (Wildman–Crippen LogP) is 5.90. The molecule has 28 heavy (non-hydrogen) atoms. The summed E-state index contributed by atoms with van der Waals surface area (Å²) in [7, 11) is 0. The number of aryl methyl sites for hydroxylation is 1. The van der Waals surface area contributed by atoms with Gasteiger partial charge in [-0.15, -0.1) is 11.8 Å². The van der Waals surface area contributed by atoms with E-state index in [1.165, 1.54) is 18.2 Å². The van der Waals surface area contributed by atoms with Gasteiger partial charge >= 0.3 is 0 Å². The van der Waals surface area contributed by atoms with Gasteiger partial charge in [-0.3, -0.25) is 9.59 Å². The Hall–Kier alpha value is -1.98. The molecule has 0 radical (unpaired) electrons. The average molecular weight is 417 g/mol. The molecule has 0 atom stereocenters. The van der Waals surface area contributed by atoms with Crippen LogP contribution in [0.2, 0.25) is 5.02 Å². The highest BCUT2D eigenvalue weighted by Crippen LogP contribution is 2.26. The van der Waals surface area contributed by atoms with Crippen molar-refractivity contribution in [3.63, 3.8) is 0 Å². The number of nitrogens with one attached hydrogen (secondary N) is 2. The maximum Gasteiger partial charge on any atom is 0.234 e. The first-order chi connectivity index (χ1) is 13.5. The number of hydrogen-bond acceptors (Lipinski definition) is 3. The number of thioether (sulfide) groups is 1. The summed E-state index contributed by atoms with van der Waals surface area (Å²) in [6, 6.07) is 13.1. The summed E-state index contributed by atoms with van der Waals surface area (Å²) in [6.07, 6.45) is 5.50. The fourth-order valence-electron chi connectivity index (χ4n) is 3.26. The normalized spacial score (nSPS) is 14.5. The van der Waals surface area contributed by atoms with Gasteiger partial charge in [0.15, 0.2) is 0 Å². The standard InChI is InChI=1S/C22H25ClN2O2S/c1-15-7-8-18(13-20(15)23)24-21(26)14-28-19-11-9-17(10-12-19)25-22(27)16-5-3-2-4-6-16/h7-13,16H,2-6,14H2,1H3,(H,24,26)(H,25,27). The molecule has 0 bridgehead atoms. The van der Waals surface area contributed by atoms with Gasteiger partial charge in [0.1, 0.15) is 0 Å². The third-order valence-corrected chi connectivity index (χ3v) is 6.34. The van der Waals surface area contributed by atoms with Gasteiger partial charge in [0.2, 0.25) is 11.8 Å². The molecule has 0 unspecified atom stereocenters. The van der Waals surface area contributed by atoms with E-state index in [9.17, 15) is 9.59 Å². The van der Waals surface area contributed by atoms with Crippen LogP contribution in [0.4, 0.5) is 11.4 Å². The molecule has 2 amide bonds. The Balaban J connectivity index is 1.46. The quantitative estimate of drug-likeness (QED) is 0.576. The molecule has 2 N–H and O–H groups in total. The number of carbonyl (C=O) groups is 2. The second-order valence-electron chi connectivity index (χ2n) is 7.15. The van der Waals surface area contributed by atoms with Gasteiger partial charge in [-0.25, -0.2) is 0 Å². The summed E-state index contributed by atoms with van der Waals surface area (Å²) in [5.41, 5.74) is 2.48. The molecular formula is C22H25ClN2O2S. The average Bonchev–Trinajstić information content (AvgIpc) is 2.71. The molecule has 1 saturated carbocycles. The van der Waals surface area contributed by atoms with Crippen LogP contribution in [-0.4, -0.2) is 17.6 Å². The van der Waals surface area contributed by atoms with Crippen molar-refractivity contribution in [2.45, 2.75) is 43.9 Å². The molecule has 0 aliphatic heterocycles. The van der Waals surface area contributed by atoms with Gasteiger partial charge in [-0.1, -0.05) is 36.9 Å². The van der Waals surface area contributed by atoms with E-state index in [1.54, 1.807) is 6.07 Å². The summed E-state index contributed by atoms with van der Waals surface area (Å²) in [4.78, 5) is 25.4. The lowest BCUT2D eigenvalue weighted by Gasteiger charge is -2.20. The van der Waals surface area contributed by atoms with Crippen LogP contribution in [-0.2, 0) is 9.59 Å². The lowest BCUT2D eigenvalue weighted by molar-refractivity contribution is -0.120. The molecule has 0 spiro atoms. The number of hydrogen-bond donors (Lipinski definition) is 2. The molecular weight excluding hydrogens is 392 g/mol. The minimum atomic E-state index is -0.0837. The van der Waals surface area contributed by atoms with Crippen molar-refractivity contribution in [1.29, 1.82) is 0 Å². The van der Waals surface area contributed by atoms with Gasteiger partial charge in [0, 0.05) is 27.2 Å². The molecule has 0 aromatic heterocycles. The highest BCUT2D eigenvalue weighted by Gasteiger charge is 2.20. The van der Waals surface area contributed by atoms with Gasteiger partial charge in [-0.05, 0) is 61.7 Å². The van der Waals surface area contributed by atoms with E-state index >= 15 is 0 Å². The SMILES string of the molecule is Cc1ccc(NC(=O)CSc2ccc(NC(=O)C3CCCCC3)cc2)cc1Cl. The van der Waals surface area contributed by atoms with Crippen LogP contribution in [0.15, 0.2) is 47.4 Å². The first-order valence-electron chi connectivity index (χ1n) is 9.61. The molecule has 0 heterocycles. The van der Waals surface area contributed by atoms with E-state index in [1.807, 2.05) is 43.3 Å². The van der Waals surface area contributed by atoms with Crippen molar-refractivity contribution in [3.8, 4) is 0 Å². The van der Waals surface area contributed by atoms with Crippen LogP contribution in [0.25, 0.3) is 0 Å². The van der Waals surface area contributed by atoms with Crippen LogP contribution < -0.4 is 10.6 Å². The van der Waals surface area contributed by atoms with Crippen LogP contribution >= 0.6 is 23.4 Å². The van der Waals surface area contributed by atoms with E-state index in [2.05, 4.69) is 10.6 Å². The van der Waals surface area contributed by atoms with E-state index < -0.39 is 0 Å². The zero-order valence-corrected chi connectivity index (χ0v) is 17.5. The van der Waals surface area contributed by atoms with Gasteiger partial charge in [0.05, 0.1) is 5.75 Å². The third-order valence-electron chi connectivity index (χ3n) is 4.92. The second kappa shape index (κ2) is 9.99. The fraction of sp³-hybridized carbons (Fsp3) is 0.364. The molecule has 6 heteroatoms. The molecule has 3 rings (SSSR count). The number of rotatable bonds is 6. The summed E-state index contributed by atoms with van der Waals surface area (Å²) in [5, 5.41) is 6.49. The third kappa shape index (κ3) is 6.01. The van der Waals surface area contributed by atoms with Crippen molar-refractivity contribution in [2.75, 3.05) is 16.4 Å². The molecule has 4 nitrogen and oxygen atoms in total. The van der Waals surface area contributed by atoms with Crippen molar-refractivity contribution in [3.05, 3.63) is 53.1 Å². The number of amides is 2. The Morgan fingerprint density at radius 3 is 2.36 bits per heavy atom. The summed E-state index contributed by atoms with van der Waals surface area (Å²) >= 11 is 7.54. The van der Waals surface area contributed by atoms with E-state index in [0.717, 1.165) is 41.8 Å². The molecule has 1 aliphatic carbocycles. The van der Waals surface area contributed by atoms with Crippen LogP contribution in [0.5, 0.6) is 0 Å². The highest BCUT2D eigenvalue weighted by molar-refractivity contribution is 8.00. The molecule has 1 fully saturated rings. The lowest BCUT2D eigenvalue weighted by atomic mass is 9.88. The Morgan fingerprint density at radius 2 is 1.68 bits per heavy atom. The minimum Gasteiger partial charge on any atom is -0.326 e. The molecule has 2 aromatic carbocycles. The van der Waals surface area contributed by atoms with Gasteiger partial charge in [-0.2, -0.15) is 0 Å². The minimum absolute atomic E-state index is 0.0837. The van der Waals surface area contributed by atoms with Crippen LogP contribution in [0, 0.1) is 12.8 Å². The smallest absolute Gasteiger partial charge is 0.234 e. The van der Waals surface area contributed by atoms with Crippen LogP contribution in [0.1, 0.15) is 37.7 Å². The van der Waals surface area contributed by atoms with Crippen molar-refractivity contribution >= 4 is 46.6 Å². The van der Waals surface area contributed by atoms with E-state index in [-0.39, 0.29) is 17.7 Å². The summed E-state index contributed by atoms with van der Waals surface area (Å²) in [5.74, 6) is 0.483. The van der Waals surface area contributed by atoms with E-state index in [4.69, 9.17) is 11.6 Å². The Bertz CT molecular complexity index is 833. The van der Waals surface area contributed by atoms with Gasteiger partial charge < -0.3 is 10.6 Å². The molecule has 1 aliphatic rings. The zero-order valence-electron chi connectivity index (χ0n) is 16.0. The molecule has 0 saturated heterocycles. The second-order valence-corrected chi connectivity index (χ2v) is 8.61. The fourth-order valence-corrected chi connectivity index (χ4v) is 4.14. The topological polar surface area (TPSA) is 58.2 Å². The monoisotopic (exact) mass is 416 g/mol. The maximum atomic E-state index is 12.3. The van der Waals surface area contributed by atoms with Crippen molar-refractivity contribution in [1.82, 2.24) is 0 Å². The van der Waals surface area contributed by atoms with Crippen molar-refractivity contribution in [2.24, 2.45) is 5.92 Å². The number of anilines is 2. The van der Waals surface area contributed by atoms with E-state index in [0.29, 0.717) is 16.5 Å². The lowest BCUT2D eigenvalue weighted by Crippen LogP contribution is -2.24. The molecule has 148 valence electrons. The first kappa shape index (κ1) is 20.7. The van der Waals surface area contributed by atoms with Crippen LogP contribution in [0.3, 0.4) is 0 Å². The Kier molecular flexibility index (Phi) is 7.40. The number of carbonyl (C=O) groups excluding carboxylic acids is 2. The largest absolute Gasteiger partial charge is 0.326 e. The summed E-state index contributed by atoms with van der Waals surface area (Å²) in [6.45, 7) is 1.92. The highest BCUT2D eigenvalue weighted by atomic mass is 35.5. The predicted molar refractivity (Wildman–Crippen MR) is 117 cm³/mol. The number of halogens is 1. The Morgan fingerprint density at radius 1 is 1.00 bits per heavy atom. The van der Waals surface area contributed by atoms with Gasteiger partial charge in [0.25, 0.3) is 0 Å².